The van der Waals surface area contributed by atoms with Crippen molar-refractivity contribution in [2.24, 2.45) is 11.5 Å². The molecule has 0 aliphatic rings. The maximum absolute atomic E-state index is 11.6. The Morgan fingerprint density at radius 1 is 1.44 bits per heavy atom. The lowest BCUT2D eigenvalue weighted by Gasteiger charge is -1.95. The van der Waals surface area contributed by atoms with Crippen LogP contribution in [0.15, 0.2) is 23.0 Å². The second-order valence-electron chi connectivity index (χ2n) is 3.16. The van der Waals surface area contributed by atoms with Crippen LogP contribution in [-0.4, -0.2) is 15.9 Å². The average Bonchev–Trinajstić information content (AvgIpc) is 2.18. The number of aromatic amines is 1. The minimum absolute atomic E-state index is 0.0449. The summed E-state index contributed by atoms with van der Waals surface area (Å²) in [5.74, 6) is 0.149. The Morgan fingerprint density at radius 2 is 2.19 bits per heavy atom. The number of aromatic nitrogens is 2. The van der Waals surface area contributed by atoms with Crippen LogP contribution in [-0.2, 0) is 0 Å². The van der Waals surface area contributed by atoms with Gasteiger partial charge in [0.25, 0.3) is 11.5 Å². The molecule has 0 atom stereocenters. The van der Waals surface area contributed by atoms with E-state index in [4.69, 9.17) is 23.1 Å². The first-order valence-electron chi connectivity index (χ1n) is 4.41. The van der Waals surface area contributed by atoms with E-state index in [0.717, 1.165) is 0 Å². The summed E-state index contributed by atoms with van der Waals surface area (Å²) in [6, 6.07) is 4.84. The van der Waals surface area contributed by atoms with E-state index in [-0.39, 0.29) is 17.5 Å². The number of fused-ring (bicyclic) bond motifs is 1. The van der Waals surface area contributed by atoms with Crippen LogP contribution in [0, 0.1) is 0 Å². The third-order valence-corrected chi connectivity index (χ3v) is 2.17. The smallest absolute Gasteiger partial charge is 0.323 e. The third kappa shape index (κ3) is 1.96. The molecule has 6 N–H and O–H groups in total. The summed E-state index contributed by atoms with van der Waals surface area (Å²) >= 11 is 5.77. The van der Waals surface area contributed by atoms with Crippen molar-refractivity contribution < 1.29 is 4.99 Å². The van der Waals surface area contributed by atoms with E-state index >= 15 is 0 Å². The minimum atomic E-state index is -0.309. The largest absolute Gasteiger partial charge is 0.326 e. The molecule has 0 unspecified atom stereocenters. The van der Waals surface area contributed by atoms with Gasteiger partial charge in [0.1, 0.15) is 5.52 Å². The molecule has 0 amide bonds. The van der Waals surface area contributed by atoms with Gasteiger partial charge in [-0.3, -0.25) is 4.79 Å². The molecule has 0 aliphatic carbocycles. The Labute approximate surface area is 95.0 Å². The van der Waals surface area contributed by atoms with E-state index in [0.29, 0.717) is 15.9 Å². The van der Waals surface area contributed by atoms with Crippen molar-refractivity contribution in [3.8, 4) is 0 Å². The van der Waals surface area contributed by atoms with Gasteiger partial charge in [0.15, 0.2) is 0 Å². The second kappa shape index (κ2) is 3.82. The molecule has 16 heavy (non-hydrogen) atoms. The van der Waals surface area contributed by atoms with E-state index in [9.17, 15) is 4.79 Å². The van der Waals surface area contributed by atoms with Gasteiger partial charge in [-0.05, 0) is 18.2 Å². The van der Waals surface area contributed by atoms with Gasteiger partial charge in [-0.25, -0.2) is 9.98 Å². The number of hydrogen-bond acceptors (Lipinski definition) is 2. The van der Waals surface area contributed by atoms with Crippen molar-refractivity contribution in [2.45, 2.75) is 0 Å². The Morgan fingerprint density at radius 3 is 2.88 bits per heavy atom. The van der Waals surface area contributed by atoms with E-state index in [2.05, 4.69) is 15.0 Å². The fourth-order valence-electron chi connectivity index (χ4n) is 1.31. The molecule has 82 valence electrons. The van der Waals surface area contributed by atoms with Crippen LogP contribution in [0.25, 0.3) is 10.9 Å². The fraction of sp³-hybridized carbons (Fsp3) is 0. The summed E-state index contributed by atoms with van der Waals surface area (Å²) in [5, 5.41) is 0.888. The number of nitrogens with one attached hydrogen (secondary N) is 2. The first kappa shape index (κ1) is 10.4. The molecule has 7 heteroatoms. The van der Waals surface area contributed by atoms with Crippen LogP contribution in [0.1, 0.15) is 0 Å². The van der Waals surface area contributed by atoms with Crippen LogP contribution in [0.4, 0.5) is 5.95 Å². The van der Waals surface area contributed by atoms with Gasteiger partial charge in [-0.1, -0.05) is 11.6 Å². The Kier molecular flexibility index (Phi) is 2.49. The number of nitrogens with zero attached hydrogens (tertiary/aromatic N) is 1. The molecule has 0 bridgehead atoms. The van der Waals surface area contributed by atoms with Crippen LogP contribution in [0.3, 0.4) is 0 Å². The molecule has 0 saturated carbocycles. The standard InChI is InChI=1S/C9H8ClN5O/c10-4-1-2-6-5(3-4)7(16)14-9(13-6)15-8(11)12/h1-3H,(H5,11,12,13,14,15,16)/p+1. The normalized spacial score (nSPS) is 10.3. The summed E-state index contributed by atoms with van der Waals surface area (Å²) in [4.78, 5) is 20.8. The summed E-state index contributed by atoms with van der Waals surface area (Å²) in [5.41, 5.74) is 10.7. The van der Waals surface area contributed by atoms with Crippen LogP contribution < -0.4 is 22.0 Å². The molecular weight excluding hydrogens is 230 g/mol. The first-order valence-corrected chi connectivity index (χ1v) is 4.78. The lowest BCUT2D eigenvalue weighted by molar-refractivity contribution is -0.366. The zero-order valence-electron chi connectivity index (χ0n) is 8.12. The van der Waals surface area contributed by atoms with Gasteiger partial charge in [-0.2, -0.15) is 0 Å². The number of H-pyrrole nitrogens is 1. The van der Waals surface area contributed by atoms with Crippen LogP contribution in [0.5, 0.6) is 0 Å². The highest BCUT2D eigenvalue weighted by atomic mass is 35.5. The van der Waals surface area contributed by atoms with E-state index in [1.54, 1.807) is 18.2 Å². The highest BCUT2D eigenvalue weighted by Gasteiger charge is 2.07. The zero-order chi connectivity index (χ0) is 11.7. The lowest BCUT2D eigenvalue weighted by atomic mass is 10.2. The summed E-state index contributed by atoms with van der Waals surface area (Å²) in [7, 11) is 0. The fourth-order valence-corrected chi connectivity index (χ4v) is 1.48. The van der Waals surface area contributed by atoms with E-state index in [1.807, 2.05) is 0 Å². The number of guanidine groups is 1. The molecule has 6 nitrogen and oxygen atoms in total. The summed E-state index contributed by atoms with van der Waals surface area (Å²) in [6.07, 6.45) is 0. The predicted octanol–water partition coefficient (Wildman–Crippen LogP) is -1.44. The number of hydrogen-bond donors (Lipinski definition) is 4. The maximum atomic E-state index is 11.6. The van der Waals surface area contributed by atoms with Crippen LogP contribution >= 0.6 is 11.6 Å². The van der Waals surface area contributed by atoms with Crippen molar-refractivity contribution >= 4 is 34.4 Å². The van der Waals surface area contributed by atoms with Crippen molar-refractivity contribution in [1.82, 2.24) is 9.97 Å². The van der Waals surface area contributed by atoms with Crippen molar-refractivity contribution in [1.29, 1.82) is 0 Å². The molecule has 2 aromatic rings. The van der Waals surface area contributed by atoms with Crippen molar-refractivity contribution in [3.63, 3.8) is 0 Å². The number of rotatable bonds is 1. The van der Waals surface area contributed by atoms with Gasteiger partial charge in [-0.15, -0.1) is 4.98 Å². The predicted molar refractivity (Wildman–Crippen MR) is 61.4 cm³/mol. The first-order chi connectivity index (χ1) is 7.56. The van der Waals surface area contributed by atoms with E-state index in [1.165, 1.54) is 0 Å². The Balaban J connectivity index is 2.74. The SMILES string of the molecule is NC(N)=[NH+]c1nc2ccc(Cl)cc2c(=O)[nH]1. The highest BCUT2D eigenvalue weighted by molar-refractivity contribution is 6.31. The number of benzene rings is 1. The highest BCUT2D eigenvalue weighted by Crippen LogP contribution is 2.14. The number of halogens is 1. The number of nitrogens with two attached hydrogens (primary N) is 2. The molecule has 0 aliphatic heterocycles. The second-order valence-corrected chi connectivity index (χ2v) is 3.59. The lowest BCUT2D eigenvalue weighted by Crippen LogP contribution is -2.73. The topological polar surface area (TPSA) is 112 Å². The molecule has 0 fully saturated rings. The molecule has 2 rings (SSSR count). The Hall–Kier alpha value is -2.08. The van der Waals surface area contributed by atoms with E-state index < -0.39 is 0 Å². The molecule has 0 radical (unpaired) electrons. The summed E-state index contributed by atoms with van der Waals surface area (Å²) in [6.45, 7) is 0. The minimum Gasteiger partial charge on any atom is -0.323 e. The van der Waals surface area contributed by atoms with Gasteiger partial charge in [0.05, 0.1) is 5.39 Å². The third-order valence-electron chi connectivity index (χ3n) is 1.93. The van der Waals surface area contributed by atoms with Gasteiger partial charge >= 0.3 is 5.95 Å². The van der Waals surface area contributed by atoms with Crippen molar-refractivity contribution in [2.75, 3.05) is 0 Å². The molecule has 0 spiro atoms. The Bertz CT molecular complexity index is 629. The monoisotopic (exact) mass is 238 g/mol. The van der Waals surface area contributed by atoms with Crippen molar-refractivity contribution in [3.05, 3.63) is 33.6 Å². The van der Waals surface area contributed by atoms with Gasteiger partial charge in [0.2, 0.25) is 0 Å². The average molecular weight is 239 g/mol. The molecule has 1 aromatic heterocycles. The van der Waals surface area contributed by atoms with Crippen LogP contribution in [0.2, 0.25) is 5.02 Å². The molecule has 1 aromatic carbocycles. The maximum Gasteiger partial charge on any atom is 0.326 e. The molecular formula is C9H9ClN5O+. The zero-order valence-corrected chi connectivity index (χ0v) is 8.88. The van der Waals surface area contributed by atoms with Gasteiger partial charge in [0, 0.05) is 5.02 Å². The van der Waals surface area contributed by atoms with Gasteiger partial charge < -0.3 is 11.5 Å². The summed E-state index contributed by atoms with van der Waals surface area (Å²) < 4.78 is 0. The quantitative estimate of drug-likeness (QED) is 0.360. The molecule has 0 saturated heterocycles. The molecule has 1 heterocycles.